The molecule has 2 heterocycles. The third kappa shape index (κ3) is 3.83. The summed E-state index contributed by atoms with van der Waals surface area (Å²) in [5.41, 5.74) is -1.74. The number of aromatic nitrogens is 2. The number of rotatable bonds is 3. The maximum absolute atomic E-state index is 12.5. The molecule has 1 aliphatic rings. The SMILES string of the molecule is Cn1ncc([N+](=O)[O-])c1N1CCC(O)C(C)(NC(=O)C(F)(F)F)CC1. The van der Waals surface area contributed by atoms with Gasteiger partial charge in [-0.2, -0.15) is 18.3 Å². The Morgan fingerprint density at radius 1 is 1.52 bits per heavy atom. The van der Waals surface area contributed by atoms with Crippen molar-refractivity contribution in [2.24, 2.45) is 7.05 Å². The summed E-state index contributed by atoms with van der Waals surface area (Å²) in [6, 6.07) is 0. The number of amides is 1. The fourth-order valence-corrected chi connectivity index (χ4v) is 2.85. The van der Waals surface area contributed by atoms with Crippen molar-refractivity contribution in [2.45, 2.75) is 37.6 Å². The van der Waals surface area contributed by atoms with Gasteiger partial charge in [0.1, 0.15) is 6.20 Å². The van der Waals surface area contributed by atoms with Gasteiger partial charge in [-0.25, -0.2) is 4.68 Å². The number of carbonyl (C=O) groups excluding carboxylic acids is 1. The van der Waals surface area contributed by atoms with E-state index in [4.69, 9.17) is 0 Å². The van der Waals surface area contributed by atoms with Crippen molar-refractivity contribution in [2.75, 3.05) is 18.0 Å². The molecule has 0 saturated carbocycles. The van der Waals surface area contributed by atoms with Crippen molar-refractivity contribution >= 4 is 17.4 Å². The van der Waals surface area contributed by atoms with E-state index in [9.17, 15) is 33.2 Å². The van der Waals surface area contributed by atoms with Crippen LogP contribution in [0.15, 0.2) is 6.20 Å². The second kappa shape index (κ2) is 6.50. The highest BCUT2D eigenvalue weighted by Crippen LogP contribution is 2.32. The van der Waals surface area contributed by atoms with E-state index in [1.54, 1.807) is 4.90 Å². The van der Waals surface area contributed by atoms with Gasteiger partial charge in [-0.1, -0.05) is 0 Å². The number of halogens is 3. The predicted octanol–water partition coefficient (Wildman–Crippen LogP) is 0.727. The highest BCUT2D eigenvalue weighted by Gasteiger charge is 2.46. The number of aliphatic hydroxyl groups excluding tert-OH is 1. The van der Waals surface area contributed by atoms with Gasteiger partial charge in [0.15, 0.2) is 0 Å². The normalized spacial score (nSPS) is 24.7. The van der Waals surface area contributed by atoms with E-state index in [1.807, 2.05) is 5.32 Å². The summed E-state index contributed by atoms with van der Waals surface area (Å²) in [5.74, 6) is -1.93. The van der Waals surface area contributed by atoms with E-state index in [1.165, 1.54) is 18.7 Å². The topological polar surface area (TPSA) is 114 Å². The molecule has 9 nitrogen and oxygen atoms in total. The minimum absolute atomic E-state index is 0.0248. The first kappa shape index (κ1) is 19.0. The first-order valence-electron chi connectivity index (χ1n) is 7.44. The molecule has 2 atom stereocenters. The van der Waals surface area contributed by atoms with Gasteiger partial charge in [-0.15, -0.1) is 0 Å². The molecular weight excluding hydrogens is 347 g/mol. The lowest BCUT2D eigenvalue weighted by molar-refractivity contribution is -0.384. The van der Waals surface area contributed by atoms with Crippen LogP contribution in [0.5, 0.6) is 0 Å². The third-order valence-electron chi connectivity index (χ3n) is 4.35. The summed E-state index contributed by atoms with van der Waals surface area (Å²) in [6.07, 6.45) is -5.22. The molecule has 140 valence electrons. The molecule has 25 heavy (non-hydrogen) atoms. The van der Waals surface area contributed by atoms with Crippen LogP contribution in [-0.2, 0) is 11.8 Å². The quantitative estimate of drug-likeness (QED) is 0.603. The molecule has 1 aliphatic heterocycles. The molecule has 12 heteroatoms. The Morgan fingerprint density at radius 2 is 2.16 bits per heavy atom. The van der Waals surface area contributed by atoms with Crippen LogP contribution in [0, 0.1) is 10.1 Å². The Kier molecular flexibility index (Phi) is 4.93. The van der Waals surface area contributed by atoms with E-state index in [0.29, 0.717) is 0 Å². The van der Waals surface area contributed by atoms with Gasteiger partial charge >= 0.3 is 17.8 Å². The van der Waals surface area contributed by atoms with Crippen LogP contribution in [0.3, 0.4) is 0 Å². The highest BCUT2D eigenvalue weighted by atomic mass is 19.4. The molecule has 0 spiro atoms. The predicted molar refractivity (Wildman–Crippen MR) is 79.9 cm³/mol. The molecule has 1 aromatic heterocycles. The van der Waals surface area contributed by atoms with E-state index < -0.39 is 28.6 Å². The Balaban J connectivity index is 2.22. The number of hydrogen-bond acceptors (Lipinski definition) is 6. The third-order valence-corrected chi connectivity index (χ3v) is 4.35. The van der Waals surface area contributed by atoms with Gasteiger partial charge in [-0.05, 0) is 19.8 Å². The molecule has 0 aromatic carbocycles. The first-order valence-corrected chi connectivity index (χ1v) is 7.44. The van der Waals surface area contributed by atoms with Gasteiger partial charge in [0.25, 0.3) is 0 Å². The minimum atomic E-state index is -5.06. The molecule has 0 bridgehead atoms. The zero-order valence-corrected chi connectivity index (χ0v) is 13.6. The van der Waals surface area contributed by atoms with Gasteiger partial charge < -0.3 is 15.3 Å². The van der Waals surface area contributed by atoms with Gasteiger partial charge in [0.2, 0.25) is 5.82 Å². The van der Waals surface area contributed by atoms with Crippen LogP contribution in [-0.4, -0.2) is 56.6 Å². The lowest BCUT2D eigenvalue weighted by atomic mass is 9.90. The number of carbonyl (C=O) groups is 1. The standard InChI is InChI=1S/C13H18F3N5O4/c1-12(18-11(23)13(14,15)16)4-6-20(5-3-9(12)22)10-8(21(24)25)7-17-19(10)2/h7,9,22H,3-6H2,1-2H3,(H,18,23). The molecule has 1 amide bonds. The number of alkyl halides is 3. The second-order valence-electron chi connectivity index (χ2n) is 6.15. The van der Waals surface area contributed by atoms with Crippen molar-refractivity contribution < 1.29 is 28.0 Å². The summed E-state index contributed by atoms with van der Waals surface area (Å²) in [4.78, 5) is 23.3. The maximum atomic E-state index is 12.5. The zero-order chi connectivity index (χ0) is 19.0. The van der Waals surface area contributed by atoms with E-state index in [-0.39, 0.29) is 37.4 Å². The van der Waals surface area contributed by atoms with Gasteiger partial charge in [0.05, 0.1) is 16.6 Å². The molecule has 2 N–H and O–H groups in total. The van der Waals surface area contributed by atoms with E-state index in [2.05, 4.69) is 5.10 Å². The Morgan fingerprint density at radius 3 is 2.72 bits per heavy atom. The smallest absolute Gasteiger partial charge is 0.391 e. The number of anilines is 1. The number of hydrogen-bond donors (Lipinski definition) is 2. The van der Waals surface area contributed by atoms with Crippen molar-refractivity contribution in [3.63, 3.8) is 0 Å². The largest absolute Gasteiger partial charge is 0.471 e. The first-order chi connectivity index (χ1) is 11.5. The monoisotopic (exact) mass is 365 g/mol. The van der Waals surface area contributed by atoms with Crippen LogP contribution in [0.2, 0.25) is 0 Å². The molecule has 1 fully saturated rings. The molecule has 0 radical (unpaired) electrons. The molecule has 1 saturated heterocycles. The summed E-state index contributed by atoms with van der Waals surface area (Å²) < 4.78 is 38.8. The summed E-state index contributed by atoms with van der Waals surface area (Å²) in [6.45, 7) is 1.59. The fourth-order valence-electron chi connectivity index (χ4n) is 2.85. The number of nitrogens with zero attached hydrogens (tertiary/aromatic N) is 4. The lowest BCUT2D eigenvalue weighted by Crippen LogP contribution is -2.57. The number of aryl methyl sites for hydroxylation is 1. The van der Waals surface area contributed by atoms with E-state index in [0.717, 1.165) is 6.20 Å². The van der Waals surface area contributed by atoms with Crippen LogP contribution in [0.4, 0.5) is 24.7 Å². The Labute approximate surface area is 140 Å². The van der Waals surface area contributed by atoms with Crippen molar-refractivity contribution in [1.82, 2.24) is 15.1 Å². The minimum Gasteiger partial charge on any atom is -0.391 e. The fraction of sp³-hybridized carbons (Fsp3) is 0.692. The molecule has 2 unspecified atom stereocenters. The van der Waals surface area contributed by atoms with Crippen LogP contribution < -0.4 is 10.2 Å². The van der Waals surface area contributed by atoms with Crippen LogP contribution in [0.25, 0.3) is 0 Å². The molecular formula is C13H18F3N5O4. The maximum Gasteiger partial charge on any atom is 0.471 e. The van der Waals surface area contributed by atoms with Gasteiger partial charge in [-0.3, -0.25) is 14.9 Å². The Bertz CT molecular complexity index is 677. The van der Waals surface area contributed by atoms with Gasteiger partial charge in [0, 0.05) is 20.1 Å². The lowest BCUT2D eigenvalue weighted by Gasteiger charge is -2.34. The molecule has 2 rings (SSSR count). The van der Waals surface area contributed by atoms with Crippen molar-refractivity contribution in [3.8, 4) is 0 Å². The number of nitro groups is 1. The number of aliphatic hydroxyl groups is 1. The molecule has 1 aromatic rings. The average Bonchev–Trinajstić information content (AvgIpc) is 2.81. The highest BCUT2D eigenvalue weighted by molar-refractivity contribution is 5.82. The summed E-state index contributed by atoms with van der Waals surface area (Å²) >= 11 is 0. The van der Waals surface area contributed by atoms with Crippen LogP contribution >= 0.6 is 0 Å². The average molecular weight is 365 g/mol. The summed E-state index contributed by atoms with van der Waals surface area (Å²) in [5, 5.41) is 27.0. The molecule has 0 aliphatic carbocycles. The van der Waals surface area contributed by atoms with Crippen molar-refractivity contribution in [1.29, 1.82) is 0 Å². The number of nitrogens with one attached hydrogen (secondary N) is 1. The second-order valence-corrected chi connectivity index (χ2v) is 6.15. The summed E-state index contributed by atoms with van der Waals surface area (Å²) in [7, 11) is 1.51. The van der Waals surface area contributed by atoms with E-state index >= 15 is 0 Å². The zero-order valence-electron chi connectivity index (χ0n) is 13.6. The van der Waals surface area contributed by atoms with Crippen LogP contribution in [0.1, 0.15) is 19.8 Å². The van der Waals surface area contributed by atoms with Crippen molar-refractivity contribution in [3.05, 3.63) is 16.3 Å². The Hall–Kier alpha value is -2.37.